The highest BCUT2D eigenvalue weighted by atomic mass is 79.9. The minimum atomic E-state index is -0.524. The lowest BCUT2D eigenvalue weighted by molar-refractivity contribution is 0.431. The maximum atomic E-state index is 15.4. The number of thiophene rings is 1. The number of hydrogen-bond acceptors (Lipinski definition) is 5. The first kappa shape index (κ1) is 18.8. The van der Waals surface area contributed by atoms with Gasteiger partial charge in [0.15, 0.2) is 11.6 Å². The van der Waals surface area contributed by atoms with Crippen molar-refractivity contribution in [1.82, 2.24) is 14.6 Å². The number of rotatable bonds is 4. The molecule has 3 aromatic rings. The molecule has 0 aliphatic heterocycles. The van der Waals surface area contributed by atoms with Crippen LogP contribution in [0.4, 0.5) is 14.6 Å². The molecule has 3 N–H and O–H groups in total. The van der Waals surface area contributed by atoms with Crippen LogP contribution in [-0.4, -0.2) is 20.6 Å². The van der Waals surface area contributed by atoms with Crippen molar-refractivity contribution in [2.45, 2.75) is 31.3 Å². The topological polar surface area (TPSA) is 68.2 Å². The van der Waals surface area contributed by atoms with E-state index in [2.05, 4.69) is 31.3 Å². The van der Waals surface area contributed by atoms with E-state index in [1.807, 2.05) is 17.5 Å². The lowest BCUT2D eigenvalue weighted by Crippen LogP contribution is -2.31. The van der Waals surface area contributed by atoms with Crippen molar-refractivity contribution in [3.05, 3.63) is 55.6 Å². The molecule has 2 atom stereocenters. The van der Waals surface area contributed by atoms with Gasteiger partial charge in [-0.15, -0.1) is 16.4 Å². The predicted octanol–water partition coefficient (Wildman–Crippen LogP) is 5.02. The van der Waals surface area contributed by atoms with E-state index in [0.717, 1.165) is 4.88 Å². The molecule has 0 saturated heterocycles. The van der Waals surface area contributed by atoms with Gasteiger partial charge in [0, 0.05) is 28.8 Å². The molecule has 3 aromatic heterocycles. The molecule has 0 aromatic carbocycles. The van der Waals surface area contributed by atoms with Crippen LogP contribution in [0, 0.1) is 5.82 Å². The van der Waals surface area contributed by atoms with E-state index in [1.54, 1.807) is 11.3 Å². The Balaban J connectivity index is 1.79. The second kappa shape index (κ2) is 7.46. The first-order valence-electron chi connectivity index (χ1n) is 8.25. The van der Waals surface area contributed by atoms with Crippen molar-refractivity contribution in [2.24, 2.45) is 5.73 Å². The van der Waals surface area contributed by atoms with Crippen LogP contribution in [0.25, 0.3) is 5.52 Å². The molecule has 5 nitrogen and oxygen atoms in total. The van der Waals surface area contributed by atoms with Gasteiger partial charge in [-0.3, -0.25) is 0 Å². The Labute approximate surface area is 171 Å². The molecule has 0 fully saturated rings. The van der Waals surface area contributed by atoms with E-state index in [9.17, 15) is 4.39 Å². The Kier molecular flexibility index (Phi) is 5.19. The first-order valence-corrected chi connectivity index (χ1v) is 10.3. The molecule has 1 aliphatic rings. The molecule has 0 unspecified atom stereocenters. The smallest absolute Gasteiger partial charge is 0.243 e. The molecule has 0 amide bonds. The minimum Gasteiger partial charge on any atom is -0.363 e. The molecule has 0 spiro atoms. The zero-order valence-corrected chi connectivity index (χ0v) is 17.1. The summed E-state index contributed by atoms with van der Waals surface area (Å²) in [4.78, 5) is 5.23. The van der Waals surface area contributed by atoms with Gasteiger partial charge in [-0.1, -0.05) is 12.1 Å². The van der Waals surface area contributed by atoms with Crippen LogP contribution in [-0.2, 0) is 6.54 Å². The van der Waals surface area contributed by atoms with Gasteiger partial charge in [0.2, 0.25) is 5.28 Å². The summed E-state index contributed by atoms with van der Waals surface area (Å²) in [5.74, 6) is -0.827. The maximum absolute atomic E-state index is 15.4. The van der Waals surface area contributed by atoms with Crippen molar-refractivity contribution >= 4 is 50.2 Å². The highest BCUT2D eigenvalue weighted by molar-refractivity contribution is 9.10. The second-order valence-electron chi connectivity index (χ2n) is 6.30. The number of allylic oxidation sites excluding steroid dienone is 1. The van der Waals surface area contributed by atoms with Crippen molar-refractivity contribution < 1.29 is 8.78 Å². The average molecular weight is 475 g/mol. The van der Waals surface area contributed by atoms with E-state index in [-0.39, 0.29) is 29.0 Å². The van der Waals surface area contributed by atoms with Crippen molar-refractivity contribution in [3.63, 3.8) is 0 Å². The van der Waals surface area contributed by atoms with Gasteiger partial charge in [-0.05, 0) is 45.4 Å². The highest BCUT2D eigenvalue weighted by Gasteiger charge is 2.33. The molecule has 0 saturated carbocycles. The summed E-state index contributed by atoms with van der Waals surface area (Å²) in [7, 11) is 0. The van der Waals surface area contributed by atoms with Crippen LogP contribution in [0.3, 0.4) is 0 Å². The lowest BCUT2D eigenvalue weighted by Gasteiger charge is -2.25. The third kappa shape index (κ3) is 3.49. The lowest BCUT2D eigenvalue weighted by atomic mass is 9.84. The summed E-state index contributed by atoms with van der Waals surface area (Å²) >= 11 is 11.0. The normalized spacial score (nSPS) is 20.1. The number of aromatic nitrogens is 3. The predicted molar refractivity (Wildman–Crippen MR) is 106 cm³/mol. The summed E-state index contributed by atoms with van der Waals surface area (Å²) in [5.41, 5.74) is 6.64. The quantitative estimate of drug-likeness (QED) is 0.557. The third-order valence-corrected chi connectivity index (χ3v) is 6.40. The SMILES string of the molecule is N[C@H]1CC(F)=CC[C@@H]1c1c(F)c2c(NCc3cccs3)nc(Cl)nn2c1Br. The van der Waals surface area contributed by atoms with Gasteiger partial charge < -0.3 is 11.1 Å². The largest absolute Gasteiger partial charge is 0.363 e. The van der Waals surface area contributed by atoms with Crippen molar-refractivity contribution in [2.75, 3.05) is 5.32 Å². The molecule has 27 heavy (non-hydrogen) atoms. The van der Waals surface area contributed by atoms with E-state index in [0.29, 0.717) is 29.0 Å². The van der Waals surface area contributed by atoms with E-state index >= 15 is 4.39 Å². The van der Waals surface area contributed by atoms with Gasteiger partial charge >= 0.3 is 0 Å². The molecule has 0 radical (unpaired) electrons. The number of anilines is 1. The number of fused-ring (bicyclic) bond motifs is 1. The standard InChI is InChI=1S/C17H15BrClF2N5S/c18-15-12(10-4-3-8(20)6-11(10)22)13(21)14-16(24-17(19)25-26(14)15)23-7-9-2-1-5-27-9/h1-3,5,10-11H,4,6-7,22H2,(H,23,24,25)/t10-,11-/m0/s1. The Morgan fingerprint density at radius 1 is 1.44 bits per heavy atom. The summed E-state index contributed by atoms with van der Waals surface area (Å²) in [6.07, 6.45) is 1.86. The summed E-state index contributed by atoms with van der Waals surface area (Å²) < 4.78 is 30.7. The summed E-state index contributed by atoms with van der Waals surface area (Å²) in [6, 6.07) is 3.38. The fourth-order valence-electron chi connectivity index (χ4n) is 3.31. The Hall–Kier alpha value is -1.55. The second-order valence-corrected chi connectivity index (χ2v) is 8.42. The van der Waals surface area contributed by atoms with Crippen molar-refractivity contribution in [1.29, 1.82) is 0 Å². The van der Waals surface area contributed by atoms with Gasteiger partial charge in [0.1, 0.15) is 10.1 Å². The van der Waals surface area contributed by atoms with Crippen LogP contribution >= 0.6 is 38.9 Å². The molecule has 1 aliphatic carbocycles. The van der Waals surface area contributed by atoms with Gasteiger partial charge in [0.05, 0.1) is 12.4 Å². The minimum absolute atomic E-state index is 0.0164. The fourth-order valence-corrected chi connectivity index (χ4v) is 4.84. The number of halogens is 4. The highest BCUT2D eigenvalue weighted by Crippen LogP contribution is 2.40. The van der Waals surface area contributed by atoms with E-state index < -0.39 is 11.9 Å². The average Bonchev–Trinajstić information content (AvgIpc) is 3.22. The zero-order valence-electron chi connectivity index (χ0n) is 13.9. The summed E-state index contributed by atoms with van der Waals surface area (Å²) in [6.45, 7) is 0.481. The third-order valence-electron chi connectivity index (χ3n) is 4.60. The molecule has 142 valence electrons. The Morgan fingerprint density at radius 3 is 2.96 bits per heavy atom. The fraction of sp³-hybridized carbons (Fsp3) is 0.294. The van der Waals surface area contributed by atoms with Crippen LogP contribution in [0.2, 0.25) is 5.28 Å². The maximum Gasteiger partial charge on any atom is 0.243 e. The molecular formula is C17H15BrClF2N5S. The van der Waals surface area contributed by atoms with E-state index in [1.165, 1.54) is 10.6 Å². The van der Waals surface area contributed by atoms with E-state index in [4.69, 9.17) is 17.3 Å². The van der Waals surface area contributed by atoms with Crippen LogP contribution < -0.4 is 11.1 Å². The number of hydrogen-bond donors (Lipinski definition) is 2. The first-order chi connectivity index (χ1) is 13.0. The number of nitrogens with two attached hydrogens (primary N) is 1. The van der Waals surface area contributed by atoms with Crippen LogP contribution in [0.15, 0.2) is 34.0 Å². The van der Waals surface area contributed by atoms with Gasteiger partial charge in [0.25, 0.3) is 0 Å². The Bertz CT molecular complexity index is 1020. The summed E-state index contributed by atoms with van der Waals surface area (Å²) in [5, 5.41) is 9.18. The molecular weight excluding hydrogens is 460 g/mol. The molecule has 3 heterocycles. The van der Waals surface area contributed by atoms with Gasteiger partial charge in [-0.2, -0.15) is 4.98 Å². The number of nitrogens with one attached hydrogen (secondary N) is 1. The Morgan fingerprint density at radius 2 is 2.26 bits per heavy atom. The zero-order chi connectivity index (χ0) is 19.1. The van der Waals surface area contributed by atoms with Crippen LogP contribution in [0.5, 0.6) is 0 Å². The molecule has 10 heteroatoms. The number of nitrogens with zero attached hydrogens (tertiary/aromatic N) is 3. The van der Waals surface area contributed by atoms with Crippen molar-refractivity contribution in [3.8, 4) is 0 Å². The monoisotopic (exact) mass is 473 g/mol. The van der Waals surface area contributed by atoms with Crippen LogP contribution in [0.1, 0.15) is 29.2 Å². The molecule has 4 rings (SSSR count). The van der Waals surface area contributed by atoms with Gasteiger partial charge in [-0.25, -0.2) is 13.3 Å². The molecule has 0 bridgehead atoms.